The first-order chi connectivity index (χ1) is 13.2. The molecule has 134 valence electrons. The van der Waals surface area contributed by atoms with Gasteiger partial charge < -0.3 is 5.32 Å². The van der Waals surface area contributed by atoms with Crippen LogP contribution in [0.2, 0.25) is 0 Å². The van der Waals surface area contributed by atoms with Crippen LogP contribution in [0.25, 0.3) is 21.9 Å². The maximum Gasteiger partial charge on any atom is 0.225 e. The fourth-order valence-corrected chi connectivity index (χ4v) is 2.97. The van der Waals surface area contributed by atoms with Gasteiger partial charge in [0.2, 0.25) is 5.91 Å². The molecule has 27 heavy (non-hydrogen) atoms. The Morgan fingerprint density at radius 2 is 1.89 bits per heavy atom. The lowest BCUT2D eigenvalue weighted by molar-refractivity contribution is -0.116. The predicted octanol–water partition coefficient (Wildman–Crippen LogP) is 3.60. The van der Waals surface area contributed by atoms with Crippen LogP contribution < -0.4 is 5.32 Å². The van der Waals surface area contributed by atoms with E-state index in [0.29, 0.717) is 18.7 Å². The first-order valence-corrected chi connectivity index (χ1v) is 8.75. The average Bonchev–Trinajstić information content (AvgIpc) is 3.13. The molecule has 0 atom stereocenters. The quantitative estimate of drug-likeness (QED) is 0.592. The van der Waals surface area contributed by atoms with Crippen molar-refractivity contribution in [2.75, 3.05) is 5.32 Å². The van der Waals surface area contributed by atoms with Crippen LogP contribution in [0.15, 0.2) is 67.4 Å². The molecule has 0 saturated carbocycles. The lowest BCUT2D eigenvalue weighted by Crippen LogP contribution is -2.13. The summed E-state index contributed by atoms with van der Waals surface area (Å²) in [5, 5.41) is 9.15. The van der Waals surface area contributed by atoms with Gasteiger partial charge in [0, 0.05) is 49.2 Å². The molecule has 6 heteroatoms. The van der Waals surface area contributed by atoms with Crippen molar-refractivity contribution < 1.29 is 4.79 Å². The van der Waals surface area contributed by atoms with Crippen LogP contribution >= 0.6 is 0 Å². The monoisotopic (exact) mass is 357 g/mol. The fraction of sp³-hybridized carbons (Fsp3) is 0.143. The average molecular weight is 357 g/mol. The molecule has 0 unspecified atom stereocenters. The van der Waals surface area contributed by atoms with Gasteiger partial charge in [-0.25, -0.2) is 4.98 Å². The molecule has 0 fully saturated rings. The Balaban J connectivity index is 1.49. The number of anilines is 1. The van der Waals surface area contributed by atoms with E-state index in [1.807, 2.05) is 49.8 Å². The van der Waals surface area contributed by atoms with Crippen LogP contribution in [0, 0.1) is 0 Å². The molecule has 0 radical (unpaired) electrons. The van der Waals surface area contributed by atoms with Crippen LogP contribution in [-0.2, 0) is 18.3 Å². The highest BCUT2D eigenvalue weighted by molar-refractivity contribution is 5.94. The molecule has 0 bridgehead atoms. The number of aromatic nitrogens is 4. The van der Waals surface area contributed by atoms with Crippen molar-refractivity contribution in [3.05, 3.63) is 72.9 Å². The second kappa shape index (κ2) is 7.37. The third kappa shape index (κ3) is 4.00. The van der Waals surface area contributed by atoms with E-state index in [0.717, 1.165) is 27.5 Å². The summed E-state index contributed by atoms with van der Waals surface area (Å²) >= 11 is 0. The number of amides is 1. The zero-order valence-electron chi connectivity index (χ0n) is 15.0. The second-order valence-corrected chi connectivity index (χ2v) is 6.44. The summed E-state index contributed by atoms with van der Waals surface area (Å²) < 4.78 is 1.78. The predicted molar refractivity (Wildman–Crippen MR) is 105 cm³/mol. The number of aryl methyl sites for hydroxylation is 2. The number of carbonyl (C=O) groups is 1. The molecular weight excluding hydrogens is 338 g/mol. The highest BCUT2D eigenvalue weighted by Gasteiger charge is 2.07. The van der Waals surface area contributed by atoms with Gasteiger partial charge in [0.15, 0.2) is 0 Å². The van der Waals surface area contributed by atoms with Gasteiger partial charge in [0.1, 0.15) is 5.82 Å². The summed E-state index contributed by atoms with van der Waals surface area (Å²) in [6.07, 6.45) is 10.1. The van der Waals surface area contributed by atoms with Crippen molar-refractivity contribution in [1.82, 2.24) is 19.7 Å². The van der Waals surface area contributed by atoms with Crippen LogP contribution in [-0.4, -0.2) is 25.7 Å². The largest absolute Gasteiger partial charge is 0.311 e. The Bertz CT molecular complexity index is 1090. The maximum absolute atomic E-state index is 12.2. The fourth-order valence-electron chi connectivity index (χ4n) is 2.97. The summed E-state index contributed by atoms with van der Waals surface area (Å²) in [4.78, 5) is 20.6. The maximum atomic E-state index is 12.2. The van der Waals surface area contributed by atoms with Crippen molar-refractivity contribution in [3.8, 4) is 11.1 Å². The normalized spacial score (nSPS) is 10.9. The molecule has 1 aromatic carbocycles. The van der Waals surface area contributed by atoms with Crippen molar-refractivity contribution in [3.63, 3.8) is 0 Å². The van der Waals surface area contributed by atoms with E-state index in [9.17, 15) is 4.79 Å². The summed E-state index contributed by atoms with van der Waals surface area (Å²) in [6.45, 7) is 0. The number of hydrogen-bond donors (Lipinski definition) is 1. The first-order valence-electron chi connectivity index (χ1n) is 8.75. The van der Waals surface area contributed by atoms with E-state index in [-0.39, 0.29) is 5.91 Å². The minimum absolute atomic E-state index is 0.0536. The molecule has 6 nitrogen and oxygen atoms in total. The number of pyridine rings is 2. The van der Waals surface area contributed by atoms with Crippen molar-refractivity contribution >= 4 is 22.5 Å². The molecule has 0 aliphatic heterocycles. The van der Waals surface area contributed by atoms with E-state index >= 15 is 0 Å². The van der Waals surface area contributed by atoms with Crippen LogP contribution in [0.1, 0.15) is 12.0 Å². The molecule has 0 spiro atoms. The zero-order valence-corrected chi connectivity index (χ0v) is 15.0. The number of carbonyl (C=O) groups excluding carboxylic acids is 1. The Morgan fingerprint density at radius 1 is 1.04 bits per heavy atom. The standard InChI is InChI=1S/C21H19N5O/c1-26-14-19(13-24-26)16-3-4-17-12-23-20(11-18(17)10-16)25-21(27)5-2-15-6-8-22-9-7-15/h3-4,6-14H,2,5H2,1H3,(H,23,25,27). The van der Waals surface area contributed by atoms with Gasteiger partial charge in [-0.3, -0.25) is 14.5 Å². The van der Waals surface area contributed by atoms with Gasteiger partial charge in [-0.05, 0) is 47.2 Å². The van der Waals surface area contributed by atoms with Gasteiger partial charge in [0.05, 0.1) is 6.20 Å². The number of nitrogens with one attached hydrogen (secondary N) is 1. The van der Waals surface area contributed by atoms with E-state index in [4.69, 9.17) is 0 Å². The Hall–Kier alpha value is -3.54. The summed E-state index contributed by atoms with van der Waals surface area (Å²) in [5.41, 5.74) is 3.23. The molecule has 0 aliphatic carbocycles. The lowest BCUT2D eigenvalue weighted by atomic mass is 10.1. The third-order valence-electron chi connectivity index (χ3n) is 4.42. The van der Waals surface area contributed by atoms with E-state index < -0.39 is 0 Å². The molecular formula is C21H19N5O. The Labute approximate surface area is 156 Å². The van der Waals surface area contributed by atoms with Crippen LogP contribution in [0.5, 0.6) is 0 Å². The molecule has 0 aliphatic rings. The third-order valence-corrected chi connectivity index (χ3v) is 4.42. The number of fused-ring (bicyclic) bond motifs is 1. The SMILES string of the molecule is Cn1cc(-c2ccc3cnc(NC(=O)CCc4ccncc4)cc3c2)cn1. The Kier molecular flexibility index (Phi) is 4.61. The van der Waals surface area contributed by atoms with Crippen molar-refractivity contribution in [2.45, 2.75) is 12.8 Å². The summed E-state index contributed by atoms with van der Waals surface area (Å²) in [7, 11) is 1.90. The Morgan fingerprint density at radius 3 is 2.67 bits per heavy atom. The van der Waals surface area contributed by atoms with Gasteiger partial charge >= 0.3 is 0 Å². The number of hydrogen-bond acceptors (Lipinski definition) is 4. The minimum atomic E-state index is -0.0536. The molecule has 3 aromatic heterocycles. The topological polar surface area (TPSA) is 72.7 Å². The number of nitrogens with zero attached hydrogens (tertiary/aromatic N) is 4. The highest BCUT2D eigenvalue weighted by Crippen LogP contribution is 2.25. The lowest BCUT2D eigenvalue weighted by Gasteiger charge is -2.07. The molecule has 4 aromatic rings. The first kappa shape index (κ1) is 16.9. The molecule has 1 amide bonds. The minimum Gasteiger partial charge on any atom is -0.311 e. The highest BCUT2D eigenvalue weighted by atomic mass is 16.1. The number of rotatable bonds is 5. The smallest absolute Gasteiger partial charge is 0.225 e. The van der Waals surface area contributed by atoms with Gasteiger partial charge in [-0.15, -0.1) is 0 Å². The van der Waals surface area contributed by atoms with Gasteiger partial charge in [-0.1, -0.05) is 12.1 Å². The van der Waals surface area contributed by atoms with E-state index in [1.165, 1.54) is 0 Å². The zero-order chi connectivity index (χ0) is 18.6. The van der Waals surface area contributed by atoms with E-state index in [1.54, 1.807) is 23.3 Å². The van der Waals surface area contributed by atoms with Gasteiger partial charge in [0.25, 0.3) is 0 Å². The molecule has 4 rings (SSSR count). The summed E-state index contributed by atoms with van der Waals surface area (Å²) in [6, 6.07) is 11.9. The molecule has 0 saturated heterocycles. The molecule has 1 N–H and O–H groups in total. The van der Waals surface area contributed by atoms with E-state index in [2.05, 4.69) is 26.4 Å². The molecule has 3 heterocycles. The van der Waals surface area contributed by atoms with Crippen molar-refractivity contribution in [1.29, 1.82) is 0 Å². The second-order valence-electron chi connectivity index (χ2n) is 6.44. The van der Waals surface area contributed by atoms with Crippen molar-refractivity contribution in [2.24, 2.45) is 7.05 Å². The summed E-state index contributed by atoms with van der Waals surface area (Å²) in [5.74, 6) is 0.507. The van der Waals surface area contributed by atoms with Gasteiger partial charge in [-0.2, -0.15) is 5.10 Å². The van der Waals surface area contributed by atoms with Crippen LogP contribution in [0.3, 0.4) is 0 Å². The van der Waals surface area contributed by atoms with Crippen LogP contribution in [0.4, 0.5) is 5.82 Å². The number of benzene rings is 1.